The van der Waals surface area contributed by atoms with Crippen LogP contribution in [0.1, 0.15) is 31.4 Å². The van der Waals surface area contributed by atoms with E-state index in [0.29, 0.717) is 10.7 Å². The van der Waals surface area contributed by atoms with Gasteiger partial charge >= 0.3 is 0 Å². The zero-order valence-electron chi connectivity index (χ0n) is 15.1. The Morgan fingerprint density at radius 2 is 1.48 bits per heavy atom. The first-order valence-corrected chi connectivity index (χ1v) is 9.80. The number of aromatic nitrogens is 4. The number of piperidine rings is 2. The highest BCUT2D eigenvalue weighted by atomic mass is 35.5. The fourth-order valence-electron chi connectivity index (χ4n) is 4.20. The third-order valence-corrected chi connectivity index (χ3v) is 5.89. The molecule has 2 aliphatic rings. The van der Waals surface area contributed by atoms with Crippen molar-refractivity contribution in [1.82, 2.24) is 19.9 Å². The fraction of sp³-hybridized carbons (Fsp3) is 0.526. The Bertz CT molecular complexity index is 804. The molecule has 140 valence electrons. The first kappa shape index (κ1) is 17.9. The normalized spacial score (nSPS) is 19.1. The highest BCUT2D eigenvalue weighted by Gasteiger charge is 2.30. The molecule has 0 spiro atoms. The first-order valence-electron chi connectivity index (χ1n) is 9.42. The minimum absolute atomic E-state index is 0.381. The van der Waals surface area contributed by atoms with Crippen LogP contribution >= 0.6 is 11.6 Å². The second-order valence-corrected chi connectivity index (χ2v) is 7.66. The van der Waals surface area contributed by atoms with Gasteiger partial charge in [0.25, 0.3) is 0 Å². The summed E-state index contributed by atoms with van der Waals surface area (Å²) in [6.07, 6.45) is 11.3. The molecule has 4 heterocycles. The van der Waals surface area contributed by atoms with E-state index in [2.05, 4.69) is 35.8 Å². The maximum atomic E-state index is 9.00. The number of hydrogen-bond acceptors (Lipinski definition) is 7. The Hall–Kier alpha value is -2.46. The van der Waals surface area contributed by atoms with E-state index in [9.17, 15) is 0 Å². The Kier molecular flexibility index (Phi) is 5.35. The highest BCUT2D eigenvalue weighted by molar-refractivity contribution is 6.30. The molecule has 27 heavy (non-hydrogen) atoms. The van der Waals surface area contributed by atoms with E-state index in [0.717, 1.165) is 49.8 Å². The fourth-order valence-corrected chi connectivity index (χ4v) is 4.30. The summed E-state index contributed by atoms with van der Waals surface area (Å²) in [7, 11) is 0. The number of nitriles is 1. The third-order valence-electron chi connectivity index (χ3n) is 5.70. The molecule has 0 aromatic carbocycles. The van der Waals surface area contributed by atoms with Gasteiger partial charge in [0.1, 0.15) is 11.9 Å². The van der Waals surface area contributed by atoms with Crippen molar-refractivity contribution in [2.75, 3.05) is 36.0 Å². The molecule has 0 unspecified atom stereocenters. The maximum absolute atomic E-state index is 9.00. The molecule has 8 heteroatoms. The van der Waals surface area contributed by atoms with E-state index in [1.54, 1.807) is 18.6 Å². The van der Waals surface area contributed by atoms with E-state index < -0.39 is 0 Å². The molecule has 0 atom stereocenters. The molecular weight excluding hydrogens is 362 g/mol. The van der Waals surface area contributed by atoms with E-state index in [1.807, 2.05) is 0 Å². The van der Waals surface area contributed by atoms with Gasteiger partial charge in [-0.1, -0.05) is 11.6 Å². The average molecular weight is 384 g/mol. The SMILES string of the molecule is N#Cc1cncc(N2CCC(C3CCN(c4ncc(Cl)cn4)CC3)CC2)n1. The quantitative estimate of drug-likeness (QED) is 0.805. The van der Waals surface area contributed by atoms with Crippen LogP contribution in [0.4, 0.5) is 11.8 Å². The van der Waals surface area contributed by atoms with Gasteiger partial charge < -0.3 is 9.80 Å². The molecule has 0 radical (unpaired) electrons. The Labute approximate surface area is 164 Å². The summed E-state index contributed by atoms with van der Waals surface area (Å²) in [6.45, 7) is 3.97. The van der Waals surface area contributed by atoms with Gasteiger partial charge in [0.05, 0.1) is 29.8 Å². The third kappa shape index (κ3) is 4.11. The Balaban J connectivity index is 1.29. The lowest BCUT2D eigenvalue weighted by Crippen LogP contribution is -2.41. The van der Waals surface area contributed by atoms with E-state index in [4.69, 9.17) is 16.9 Å². The Morgan fingerprint density at radius 3 is 2.07 bits per heavy atom. The average Bonchev–Trinajstić information content (AvgIpc) is 2.75. The van der Waals surface area contributed by atoms with Gasteiger partial charge in [-0.2, -0.15) is 5.26 Å². The minimum Gasteiger partial charge on any atom is -0.355 e. The van der Waals surface area contributed by atoms with Crippen molar-refractivity contribution in [2.24, 2.45) is 11.8 Å². The van der Waals surface area contributed by atoms with Gasteiger partial charge in [-0.3, -0.25) is 4.98 Å². The molecule has 2 fully saturated rings. The molecule has 2 aliphatic heterocycles. The van der Waals surface area contributed by atoms with Crippen LogP contribution in [0.25, 0.3) is 0 Å². The maximum Gasteiger partial charge on any atom is 0.225 e. The van der Waals surface area contributed by atoms with Crippen LogP contribution in [0.15, 0.2) is 24.8 Å². The predicted octanol–water partition coefficient (Wildman–Crippen LogP) is 2.92. The van der Waals surface area contributed by atoms with E-state index in [-0.39, 0.29) is 0 Å². The van der Waals surface area contributed by atoms with Crippen molar-refractivity contribution in [3.63, 3.8) is 0 Å². The largest absolute Gasteiger partial charge is 0.355 e. The number of halogens is 1. The number of hydrogen-bond donors (Lipinski definition) is 0. The molecule has 0 saturated carbocycles. The molecule has 2 aromatic rings. The Morgan fingerprint density at radius 1 is 0.889 bits per heavy atom. The summed E-state index contributed by atoms with van der Waals surface area (Å²) in [4.78, 5) is 21.7. The van der Waals surface area contributed by atoms with Gasteiger partial charge in [0, 0.05) is 26.2 Å². The van der Waals surface area contributed by atoms with Crippen LogP contribution in [0.5, 0.6) is 0 Å². The zero-order chi connectivity index (χ0) is 18.6. The van der Waals surface area contributed by atoms with Gasteiger partial charge in [0.15, 0.2) is 5.69 Å². The van der Waals surface area contributed by atoms with E-state index in [1.165, 1.54) is 31.9 Å². The molecule has 2 saturated heterocycles. The van der Waals surface area contributed by atoms with Crippen LogP contribution in [0, 0.1) is 23.2 Å². The summed E-state index contributed by atoms with van der Waals surface area (Å²) in [5, 5.41) is 9.57. The molecule has 2 aromatic heterocycles. The summed E-state index contributed by atoms with van der Waals surface area (Å²) in [6, 6.07) is 2.07. The minimum atomic E-state index is 0.381. The number of rotatable bonds is 3. The van der Waals surface area contributed by atoms with E-state index >= 15 is 0 Å². The van der Waals surface area contributed by atoms with Gasteiger partial charge in [-0.25, -0.2) is 15.0 Å². The summed E-state index contributed by atoms with van der Waals surface area (Å²) < 4.78 is 0. The summed E-state index contributed by atoms with van der Waals surface area (Å²) in [5.41, 5.74) is 0.381. The van der Waals surface area contributed by atoms with Crippen molar-refractivity contribution >= 4 is 23.4 Å². The summed E-state index contributed by atoms with van der Waals surface area (Å²) >= 11 is 5.88. The molecular formula is C19H22ClN7. The second-order valence-electron chi connectivity index (χ2n) is 7.22. The van der Waals surface area contributed by atoms with Crippen LogP contribution < -0.4 is 9.80 Å². The second kappa shape index (κ2) is 8.05. The molecule has 7 nitrogen and oxygen atoms in total. The van der Waals surface area contributed by atoms with Crippen molar-refractivity contribution in [1.29, 1.82) is 5.26 Å². The lowest BCUT2D eigenvalue weighted by atomic mass is 9.79. The van der Waals surface area contributed by atoms with Gasteiger partial charge in [-0.05, 0) is 37.5 Å². The zero-order valence-corrected chi connectivity index (χ0v) is 15.9. The van der Waals surface area contributed by atoms with Crippen molar-refractivity contribution < 1.29 is 0 Å². The monoisotopic (exact) mass is 383 g/mol. The standard InChI is InChI=1S/C19H22ClN7/c20-16-10-23-19(24-11-16)27-7-3-15(4-8-27)14-1-5-26(6-2-14)18-13-22-12-17(9-21)25-18/h10-15H,1-8H2. The van der Waals surface area contributed by atoms with Gasteiger partial charge in [0.2, 0.25) is 5.95 Å². The number of nitrogens with zero attached hydrogens (tertiary/aromatic N) is 7. The van der Waals surface area contributed by atoms with Crippen LogP contribution in [-0.4, -0.2) is 46.1 Å². The molecule has 0 bridgehead atoms. The lowest BCUT2D eigenvalue weighted by Gasteiger charge is -2.40. The lowest BCUT2D eigenvalue weighted by molar-refractivity contribution is 0.232. The molecule has 0 aliphatic carbocycles. The summed E-state index contributed by atoms with van der Waals surface area (Å²) in [5.74, 6) is 3.11. The van der Waals surface area contributed by atoms with Crippen molar-refractivity contribution in [3.05, 3.63) is 35.5 Å². The van der Waals surface area contributed by atoms with Crippen LogP contribution in [0.2, 0.25) is 5.02 Å². The molecule has 4 rings (SSSR count). The van der Waals surface area contributed by atoms with Crippen molar-refractivity contribution in [2.45, 2.75) is 25.7 Å². The molecule has 0 N–H and O–H groups in total. The number of anilines is 2. The van der Waals surface area contributed by atoms with Gasteiger partial charge in [-0.15, -0.1) is 0 Å². The van der Waals surface area contributed by atoms with Crippen LogP contribution in [0.3, 0.4) is 0 Å². The molecule has 0 amide bonds. The smallest absolute Gasteiger partial charge is 0.225 e. The first-order chi connectivity index (χ1) is 13.2. The van der Waals surface area contributed by atoms with Crippen molar-refractivity contribution in [3.8, 4) is 6.07 Å². The highest BCUT2D eigenvalue weighted by Crippen LogP contribution is 2.34. The predicted molar refractivity (Wildman–Crippen MR) is 104 cm³/mol. The topological polar surface area (TPSA) is 81.8 Å². The van der Waals surface area contributed by atoms with Crippen LogP contribution in [-0.2, 0) is 0 Å².